The van der Waals surface area contributed by atoms with E-state index >= 15 is 0 Å². The summed E-state index contributed by atoms with van der Waals surface area (Å²) >= 11 is 4.99. The van der Waals surface area contributed by atoms with E-state index in [0.717, 1.165) is 35.7 Å². The van der Waals surface area contributed by atoms with E-state index in [1.807, 2.05) is 47.9 Å². The van der Waals surface area contributed by atoms with E-state index in [9.17, 15) is 4.79 Å². The average Bonchev–Trinajstić information content (AvgIpc) is 3.14. The molecule has 0 aliphatic heterocycles. The molecule has 1 amide bonds. The zero-order valence-electron chi connectivity index (χ0n) is 15.1. The molecule has 140 valence electrons. The van der Waals surface area contributed by atoms with Gasteiger partial charge in [0, 0.05) is 22.0 Å². The van der Waals surface area contributed by atoms with Crippen molar-refractivity contribution in [3.05, 3.63) is 71.4 Å². The number of hydrogen-bond acceptors (Lipinski definition) is 3. The molecule has 6 heteroatoms. The molecule has 1 saturated carbocycles. The molecule has 2 aromatic carbocycles. The van der Waals surface area contributed by atoms with E-state index in [2.05, 4.69) is 22.1 Å². The summed E-state index contributed by atoms with van der Waals surface area (Å²) in [5, 5.41) is 13.0. The number of H-pyrrole nitrogens is 1. The smallest absolute Gasteiger partial charge is 0.268 e. The molecule has 4 rings (SSSR count). The van der Waals surface area contributed by atoms with Crippen LogP contribution in [0.15, 0.2) is 54.6 Å². The van der Waals surface area contributed by atoms with Gasteiger partial charge in [0.1, 0.15) is 16.2 Å². The van der Waals surface area contributed by atoms with Crippen molar-refractivity contribution in [2.24, 2.45) is 0 Å². The van der Waals surface area contributed by atoms with Gasteiger partial charge < -0.3 is 10.3 Å². The summed E-state index contributed by atoms with van der Waals surface area (Å²) in [5.74, 6) is 6.27. The predicted molar refractivity (Wildman–Crippen MR) is 112 cm³/mol. The number of hydrogen-bond donors (Lipinski definition) is 4. The summed E-state index contributed by atoms with van der Waals surface area (Å²) in [6.07, 6.45) is 2.71. The van der Waals surface area contributed by atoms with E-state index in [4.69, 9.17) is 17.4 Å². The summed E-state index contributed by atoms with van der Waals surface area (Å²) in [6, 6.07) is 17.0. The Balaban J connectivity index is 1.51. The highest BCUT2D eigenvalue weighted by Crippen LogP contribution is 2.31. The number of nitrogens with one attached hydrogen (secondary N) is 3. The van der Waals surface area contributed by atoms with Crippen LogP contribution in [-0.2, 0) is 0 Å². The summed E-state index contributed by atoms with van der Waals surface area (Å²) in [6.45, 7) is 0. The molecule has 1 aromatic heterocycles. The Bertz CT molecular complexity index is 1070. The van der Waals surface area contributed by atoms with Gasteiger partial charge in [-0.3, -0.25) is 15.5 Å². The molecule has 0 unspecified atom stereocenters. The number of para-hydroxylation sites is 1. The second-order valence-electron chi connectivity index (χ2n) is 6.93. The van der Waals surface area contributed by atoms with Crippen LogP contribution in [0.1, 0.15) is 40.9 Å². The van der Waals surface area contributed by atoms with Gasteiger partial charge in [-0.15, -0.1) is 0 Å². The standard InChI is InChI=1S/C22H19N3O2S/c26-20(19-14-17-4-1-2-5-18(17)23-19)24-22(11-3-12-22)13-10-15-6-8-16(9-7-15)21(28)25-27/h1-2,4-9,14,23,27H,3,11-12H2,(H,24,26)(H,25,28). The SMILES string of the molecule is O=C(NC1(C#Cc2ccc(C(=S)NO)cc2)CCC1)c1cc2ccccc2[nH]1. The summed E-state index contributed by atoms with van der Waals surface area (Å²) in [7, 11) is 0. The molecular weight excluding hydrogens is 370 g/mol. The zero-order valence-corrected chi connectivity index (χ0v) is 15.9. The number of fused-ring (bicyclic) bond motifs is 1. The molecule has 0 spiro atoms. The third kappa shape index (κ3) is 3.63. The number of amides is 1. The lowest BCUT2D eigenvalue weighted by atomic mass is 9.77. The summed E-state index contributed by atoms with van der Waals surface area (Å²) in [5.41, 5.74) is 4.51. The first-order valence-electron chi connectivity index (χ1n) is 9.07. The monoisotopic (exact) mass is 389 g/mol. The van der Waals surface area contributed by atoms with E-state index in [1.165, 1.54) is 0 Å². The highest BCUT2D eigenvalue weighted by molar-refractivity contribution is 7.80. The molecule has 4 N–H and O–H groups in total. The van der Waals surface area contributed by atoms with Crippen LogP contribution in [0.25, 0.3) is 10.9 Å². The van der Waals surface area contributed by atoms with E-state index in [1.54, 1.807) is 12.1 Å². The fourth-order valence-electron chi connectivity index (χ4n) is 3.25. The van der Waals surface area contributed by atoms with Crippen molar-refractivity contribution < 1.29 is 10.0 Å². The molecule has 1 aliphatic carbocycles. The fraction of sp³-hybridized carbons (Fsp3) is 0.182. The quantitative estimate of drug-likeness (QED) is 0.314. The summed E-state index contributed by atoms with van der Waals surface area (Å²) in [4.78, 5) is 16.2. The normalized spacial score (nSPS) is 14.5. The van der Waals surface area contributed by atoms with Gasteiger partial charge in [0.15, 0.2) is 0 Å². The van der Waals surface area contributed by atoms with Crippen LogP contribution in [-0.4, -0.2) is 26.6 Å². The predicted octanol–water partition coefficient (Wildman–Crippen LogP) is 3.53. The van der Waals surface area contributed by atoms with Crippen LogP contribution in [0, 0.1) is 11.8 Å². The van der Waals surface area contributed by atoms with Gasteiger partial charge in [0.25, 0.3) is 5.91 Å². The first kappa shape index (κ1) is 18.2. The number of thiocarbonyl (C=S) groups is 1. The highest BCUT2D eigenvalue weighted by Gasteiger charge is 2.37. The lowest BCUT2D eigenvalue weighted by molar-refractivity contribution is 0.0879. The van der Waals surface area contributed by atoms with Crippen LogP contribution in [0.2, 0.25) is 0 Å². The zero-order chi connectivity index (χ0) is 19.6. The molecular formula is C22H19N3O2S. The lowest BCUT2D eigenvalue weighted by Crippen LogP contribution is -2.52. The van der Waals surface area contributed by atoms with E-state index in [0.29, 0.717) is 11.3 Å². The van der Waals surface area contributed by atoms with Crippen molar-refractivity contribution in [1.82, 2.24) is 15.8 Å². The minimum Gasteiger partial charge on any atom is -0.351 e. The molecule has 28 heavy (non-hydrogen) atoms. The van der Waals surface area contributed by atoms with Gasteiger partial charge in [-0.1, -0.05) is 54.4 Å². The molecule has 1 fully saturated rings. The van der Waals surface area contributed by atoms with Crippen LogP contribution >= 0.6 is 12.2 Å². The van der Waals surface area contributed by atoms with Crippen LogP contribution in [0.5, 0.6) is 0 Å². The molecule has 1 aliphatic rings. The molecule has 3 aromatic rings. The maximum atomic E-state index is 12.7. The first-order chi connectivity index (χ1) is 13.6. The van der Waals surface area contributed by atoms with Crippen LogP contribution in [0.3, 0.4) is 0 Å². The molecule has 0 bridgehead atoms. The van der Waals surface area contributed by atoms with Gasteiger partial charge in [-0.25, -0.2) is 0 Å². The molecule has 0 atom stereocenters. The largest absolute Gasteiger partial charge is 0.351 e. The topological polar surface area (TPSA) is 77.2 Å². The Morgan fingerprint density at radius 3 is 2.54 bits per heavy atom. The van der Waals surface area contributed by atoms with Crippen molar-refractivity contribution in [2.45, 2.75) is 24.8 Å². The Morgan fingerprint density at radius 2 is 1.89 bits per heavy atom. The molecule has 5 nitrogen and oxygen atoms in total. The third-order valence-electron chi connectivity index (χ3n) is 5.03. The highest BCUT2D eigenvalue weighted by atomic mass is 32.1. The lowest BCUT2D eigenvalue weighted by Gasteiger charge is -2.37. The Labute approximate surface area is 168 Å². The average molecular weight is 389 g/mol. The Hall–Kier alpha value is -3.14. The number of aromatic amines is 1. The first-order valence-corrected chi connectivity index (χ1v) is 9.47. The second-order valence-corrected chi connectivity index (χ2v) is 7.34. The minimum atomic E-state index is -0.491. The van der Waals surface area contributed by atoms with Gasteiger partial charge in [-0.2, -0.15) is 0 Å². The minimum absolute atomic E-state index is 0.139. The van der Waals surface area contributed by atoms with Crippen molar-refractivity contribution in [3.63, 3.8) is 0 Å². The maximum Gasteiger partial charge on any atom is 0.268 e. The van der Waals surface area contributed by atoms with Gasteiger partial charge in [-0.05, 0) is 43.5 Å². The third-order valence-corrected chi connectivity index (χ3v) is 5.36. The molecule has 0 radical (unpaired) electrons. The molecule has 1 heterocycles. The number of rotatable bonds is 3. The van der Waals surface area contributed by atoms with Crippen molar-refractivity contribution >= 4 is 34.0 Å². The van der Waals surface area contributed by atoms with E-state index < -0.39 is 5.54 Å². The van der Waals surface area contributed by atoms with Crippen molar-refractivity contribution in [3.8, 4) is 11.8 Å². The van der Waals surface area contributed by atoms with Crippen LogP contribution < -0.4 is 10.8 Å². The van der Waals surface area contributed by atoms with Crippen LogP contribution in [0.4, 0.5) is 0 Å². The fourth-order valence-corrected chi connectivity index (χ4v) is 3.39. The summed E-state index contributed by atoms with van der Waals surface area (Å²) < 4.78 is 0. The van der Waals surface area contributed by atoms with Gasteiger partial charge in [0.2, 0.25) is 0 Å². The second kappa shape index (κ2) is 7.47. The Morgan fingerprint density at radius 1 is 1.14 bits per heavy atom. The van der Waals surface area contributed by atoms with Crippen molar-refractivity contribution in [2.75, 3.05) is 0 Å². The van der Waals surface area contributed by atoms with E-state index in [-0.39, 0.29) is 10.9 Å². The molecule has 0 saturated heterocycles. The number of carbonyl (C=O) groups excluding carboxylic acids is 1. The Kier molecular flexibility index (Phi) is 4.86. The number of aromatic nitrogens is 1. The van der Waals surface area contributed by atoms with Gasteiger partial charge >= 0.3 is 0 Å². The van der Waals surface area contributed by atoms with Gasteiger partial charge in [0.05, 0.1) is 0 Å². The van der Waals surface area contributed by atoms with Crippen molar-refractivity contribution in [1.29, 1.82) is 0 Å². The maximum absolute atomic E-state index is 12.7. The number of benzene rings is 2. The number of carbonyl (C=O) groups is 1. The number of hydroxylamine groups is 1.